The third kappa shape index (κ3) is 21.6. The molecule has 0 bridgehead atoms. The van der Waals surface area contributed by atoms with Gasteiger partial charge in [-0.3, -0.25) is 0 Å². The quantitative estimate of drug-likeness (QED) is 0.647. The molecule has 0 amide bonds. The van der Waals surface area contributed by atoms with Crippen molar-refractivity contribution in [1.82, 2.24) is 0 Å². The van der Waals surface area contributed by atoms with Crippen molar-refractivity contribution in [3.8, 4) is 0 Å². The molecule has 0 aliphatic carbocycles. The summed E-state index contributed by atoms with van der Waals surface area (Å²) in [5.41, 5.74) is 0. The number of rotatable bonds is 8. The Morgan fingerprint density at radius 3 is 2.00 bits per heavy atom. The summed E-state index contributed by atoms with van der Waals surface area (Å²) >= 11 is 0. The first kappa shape index (κ1) is 19.2. The van der Waals surface area contributed by atoms with Crippen molar-refractivity contribution in [1.29, 1.82) is 0 Å². The molecule has 0 heterocycles. The van der Waals surface area contributed by atoms with Gasteiger partial charge in [0.2, 0.25) is 0 Å². The first-order chi connectivity index (χ1) is 7.93. The number of hydrogen-bond donors (Lipinski definition) is 2. The van der Waals surface area contributed by atoms with Gasteiger partial charge in [-0.15, -0.1) is 0 Å². The van der Waals surface area contributed by atoms with Crippen LogP contribution in [0.4, 0.5) is 0 Å². The van der Waals surface area contributed by atoms with Gasteiger partial charge >= 0.3 is 0 Å². The van der Waals surface area contributed by atoms with E-state index in [0.717, 1.165) is 6.61 Å². The van der Waals surface area contributed by atoms with Crippen molar-refractivity contribution in [2.24, 2.45) is 0 Å². The fourth-order valence-corrected chi connectivity index (χ4v) is 0.820. The molecule has 0 aromatic heterocycles. The van der Waals surface area contributed by atoms with E-state index in [4.69, 9.17) is 19.7 Å². The number of unbranched alkanes of at least 4 members (excludes halogenated alkanes) is 1. The van der Waals surface area contributed by atoms with E-state index in [0.29, 0.717) is 12.7 Å². The monoisotopic (exact) mass is 250 g/mol. The van der Waals surface area contributed by atoms with Gasteiger partial charge < -0.3 is 19.7 Å². The fraction of sp³-hybridized carbons (Fsp3) is 1.00. The minimum absolute atomic E-state index is 0.00667. The van der Waals surface area contributed by atoms with Gasteiger partial charge in [0.05, 0.1) is 31.5 Å². The summed E-state index contributed by atoms with van der Waals surface area (Å²) in [6.07, 6.45) is 2.21. The second-order valence-corrected chi connectivity index (χ2v) is 4.45. The topological polar surface area (TPSA) is 58.9 Å². The van der Waals surface area contributed by atoms with Crippen LogP contribution in [0.2, 0.25) is 0 Å². The standard InChI is InChI=1S/C7H16O.C6H14O3/c1-4-5-6-8-7(2)3;1-5(8)4-9-6(2)3-7/h7H,4-6H2,1-3H3;5-8H,3-4H2,1-2H3. The van der Waals surface area contributed by atoms with Crippen molar-refractivity contribution in [3.05, 3.63) is 0 Å². The number of aliphatic hydroxyl groups excluding tert-OH is 2. The van der Waals surface area contributed by atoms with Gasteiger partial charge in [-0.25, -0.2) is 0 Å². The lowest BCUT2D eigenvalue weighted by Gasteiger charge is -2.10. The zero-order valence-corrected chi connectivity index (χ0v) is 12.0. The summed E-state index contributed by atoms with van der Waals surface area (Å²) < 4.78 is 10.2. The molecule has 0 fully saturated rings. The number of hydrogen-bond acceptors (Lipinski definition) is 4. The summed E-state index contributed by atoms with van der Waals surface area (Å²) in [6.45, 7) is 10.9. The zero-order valence-electron chi connectivity index (χ0n) is 12.0. The van der Waals surface area contributed by atoms with E-state index < -0.39 is 6.10 Å². The highest BCUT2D eigenvalue weighted by molar-refractivity contribution is 4.47. The molecule has 2 N–H and O–H groups in total. The third-order valence-electron chi connectivity index (χ3n) is 1.83. The van der Waals surface area contributed by atoms with Crippen molar-refractivity contribution in [3.63, 3.8) is 0 Å². The Kier molecular flexibility index (Phi) is 15.7. The molecular formula is C13H30O4. The van der Waals surface area contributed by atoms with Crippen LogP contribution in [-0.2, 0) is 9.47 Å². The number of aliphatic hydroxyl groups is 2. The minimum atomic E-state index is -0.445. The highest BCUT2D eigenvalue weighted by Crippen LogP contribution is 1.92. The maximum atomic E-state index is 8.69. The molecule has 2 unspecified atom stereocenters. The minimum Gasteiger partial charge on any atom is -0.394 e. The first-order valence-electron chi connectivity index (χ1n) is 6.46. The van der Waals surface area contributed by atoms with E-state index in [-0.39, 0.29) is 12.7 Å². The molecule has 0 radical (unpaired) electrons. The highest BCUT2D eigenvalue weighted by atomic mass is 16.5. The van der Waals surface area contributed by atoms with E-state index in [1.165, 1.54) is 12.8 Å². The summed E-state index contributed by atoms with van der Waals surface area (Å²) in [6, 6.07) is 0. The Labute approximate surface area is 106 Å². The van der Waals surface area contributed by atoms with E-state index in [9.17, 15) is 0 Å². The van der Waals surface area contributed by atoms with Crippen LogP contribution in [0.25, 0.3) is 0 Å². The van der Waals surface area contributed by atoms with Gasteiger partial charge in [-0.05, 0) is 34.1 Å². The predicted molar refractivity (Wildman–Crippen MR) is 70.2 cm³/mol. The van der Waals surface area contributed by atoms with Gasteiger partial charge in [0, 0.05) is 6.61 Å². The number of ether oxygens (including phenoxy) is 2. The SMILES string of the molecule is CC(O)COC(C)CO.CCCCOC(C)C. The van der Waals surface area contributed by atoms with Crippen LogP contribution < -0.4 is 0 Å². The molecule has 0 rings (SSSR count). The molecular weight excluding hydrogens is 220 g/mol. The smallest absolute Gasteiger partial charge is 0.0779 e. The van der Waals surface area contributed by atoms with E-state index >= 15 is 0 Å². The normalized spacial score (nSPS) is 14.1. The third-order valence-corrected chi connectivity index (χ3v) is 1.83. The Balaban J connectivity index is 0. The molecule has 106 valence electrons. The zero-order chi connectivity index (χ0) is 13.7. The Bertz CT molecular complexity index is 137. The average Bonchev–Trinajstić information content (AvgIpc) is 2.26. The van der Waals surface area contributed by atoms with E-state index in [2.05, 4.69) is 20.8 Å². The van der Waals surface area contributed by atoms with E-state index in [1.807, 2.05) is 0 Å². The molecule has 0 aliphatic heterocycles. The Morgan fingerprint density at radius 2 is 1.65 bits per heavy atom. The lowest BCUT2D eigenvalue weighted by Crippen LogP contribution is -2.19. The average molecular weight is 250 g/mol. The molecule has 0 spiro atoms. The van der Waals surface area contributed by atoms with Gasteiger partial charge in [-0.2, -0.15) is 0 Å². The molecule has 0 aliphatic rings. The van der Waals surface area contributed by atoms with Gasteiger partial charge in [0.15, 0.2) is 0 Å². The van der Waals surface area contributed by atoms with E-state index in [1.54, 1.807) is 13.8 Å². The van der Waals surface area contributed by atoms with Crippen molar-refractivity contribution in [2.45, 2.75) is 65.8 Å². The van der Waals surface area contributed by atoms with Gasteiger partial charge in [0.25, 0.3) is 0 Å². The van der Waals surface area contributed by atoms with Crippen LogP contribution in [0.1, 0.15) is 47.5 Å². The highest BCUT2D eigenvalue weighted by Gasteiger charge is 2.00. The maximum absolute atomic E-state index is 8.69. The second kappa shape index (κ2) is 13.9. The maximum Gasteiger partial charge on any atom is 0.0779 e. The molecule has 4 heteroatoms. The van der Waals surface area contributed by atoms with Crippen molar-refractivity contribution >= 4 is 0 Å². The van der Waals surface area contributed by atoms with Crippen molar-refractivity contribution in [2.75, 3.05) is 19.8 Å². The summed E-state index contributed by atoms with van der Waals surface area (Å²) in [5.74, 6) is 0. The molecule has 4 nitrogen and oxygen atoms in total. The lowest BCUT2D eigenvalue weighted by molar-refractivity contribution is -0.0177. The van der Waals surface area contributed by atoms with Gasteiger partial charge in [-0.1, -0.05) is 13.3 Å². The molecule has 0 aromatic carbocycles. The lowest BCUT2D eigenvalue weighted by atomic mass is 10.3. The second-order valence-electron chi connectivity index (χ2n) is 4.45. The van der Waals surface area contributed by atoms with Crippen LogP contribution in [0, 0.1) is 0 Å². The Hall–Kier alpha value is -0.160. The molecule has 0 aromatic rings. The van der Waals surface area contributed by atoms with Crippen molar-refractivity contribution < 1.29 is 19.7 Å². The predicted octanol–water partition coefficient (Wildman–Crippen LogP) is 1.98. The van der Waals surface area contributed by atoms with Crippen LogP contribution in [0.3, 0.4) is 0 Å². The summed E-state index contributed by atoms with van der Waals surface area (Å²) in [7, 11) is 0. The molecule has 2 atom stereocenters. The summed E-state index contributed by atoms with van der Waals surface area (Å²) in [4.78, 5) is 0. The fourth-order valence-electron chi connectivity index (χ4n) is 0.820. The summed E-state index contributed by atoms with van der Waals surface area (Å²) in [5, 5.41) is 17.1. The van der Waals surface area contributed by atoms with Crippen LogP contribution in [0.15, 0.2) is 0 Å². The largest absolute Gasteiger partial charge is 0.394 e. The molecule has 0 saturated carbocycles. The van der Waals surface area contributed by atoms with Crippen LogP contribution >= 0.6 is 0 Å². The van der Waals surface area contributed by atoms with Crippen LogP contribution in [-0.4, -0.2) is 48.3 Å². The first-order valence-corrected chi connectivity index (χ1v) is 6.46. The molecule has 0 saturated heterocycles. The molecule has 17 heavy (non-hydrogen) atoms. The Morgan fingerprint density at radius 1 is 1.06 bits per heavy atom. The van der Waals surface area contributed by atoms with Gasteiger partial charge in [0.1, 0.15) is 0 Å². The van der Waals surface area contributed by atoms with Crippen LogP contribution in [0.5, 0.6) is 0 Å².